The van der Waals surface area contributed by atoms with Crippen molar-refractivity contribution in [3.8, 4) is 5.75 Å². The largest absolute Gasteiger partial charge is 0.484 e. The van der Waals surface area contributed by atoms with Crippen LogP contribution in [-0.2, 0) is 4.79 Å². The van der Waals surface area contributed by atoms with E-state index < -0.39 is 5.91 Å². The molecule has 0 spiro atoms. The maximum atomic E-state index is 13.0. The second kappa shape index (κ2) is 8.21. The zero-order chi connectivity index (χ0) is 18.5. The van der Waals surface area contributed by atoms with Crippen LogP contribution in [0.4, 0.5) is 0 Å². The minimum Gasteiger partial charge on any atom is -0.484 e. The first kappa shape index (κ1) is 18.2. The van der Waals surface area contributed by atoms with Gasteiger partial charge in [0.15, 0.2) is 6.61 Å². The summed E-state index contributed by atoms with van der Waals surface area (Å²) in [7, 11) is 0. The molecule has 26 heavy (non-hydrogen) atoms. The molecule has 1 saturated heterocycles. The highest BCUT2D eigenvalue weighted by Gasteiger charge is 2.28. The van der Waals surface area contributed by atoms with Crippen LogP contribution in [0, 0.1) is 0 Å². The summed E-state index contributed by atoms with van der Waals surface area (Å²) < 4.78 is 5.23. The quantitative estimate of drug-likeness (QED) is 0.839. The molecule has 0 aromatic heterocycles. The molecule has 1 atom stereocenters. The third kappa shape index (κ3) is 4.33. The Kier molecular flexibility index (Phi) is 5.75. The predicted molar refractivity (Wildman–Crippen MR) is 99.2 cm³/mol. The SMILES string of the molecule is NC(=O)COc1ccc(C(=O)N2CCNCC2c2cccc(Cl)c2)cc1. The zero-order valence-corrected chi connectivity index (χ0v) is 14.9. The van der Waals surface area contributed by atoms with E-state index in [1.54, 1.807) is 24.3 Å². The maximum absolute atomic E-state index is 13.0. The van der Waals surface area contributed by atoms with Gasteiger partial charge in [-0.15, -0.1) is 0 Å². The Morgan fingerprint density at radius 3 is 2.69 bits per heavy atom. The van der Waals surface area contributed by atoms with E-state index in [0.717, 1.165) is 12.1 Å². The normalized spacial score (nSPS) is 17.0. The van der Waals surface area contributed by atoms with Crippen LogP contribution >= 0.6 is 11.6 Å². The first-order chi connectivity index (χ1) is 12.5. The molecule has 1 fully saturated rings. The van der Waals surface area contributed by atoms with Crippen molar-refractivity contribution in [3.63, 3.8) is 0 Å². The Morgan fingerprint density at radius 2 is 2.00 bits per heavy atom. The lowest BCUT2D eigenvalue weighted by Gasteiger charge is -2.36. The van der Waals surface area contributed by atoms with Crippen molar-refractivity contribution in [1.29, 1.82) is 0 Å². The molecule has 0 aliphatic carbocycles. The van der Waals surface area contributed by atoms with Crippen LogP contribution in [0.25, 0.3) is 0 Å². The minimum absolute atomic E-state index is 0.0575. The van der Waals surface area contributed by atoms with Gasteiger partial charge in [0.05, 0.1) is 6.04 Å². The molecule has 6 nitrogen and oxygen atoms in total. The number of rotatable bonds is 5. The number of carbonyl (C=O) groups is 2. The Balaban J connectivity index is 1.77. The van der Waals surface area contributed by atoms with Gasteiger partial charge in [0.1, 0.15) is 5.75 Å². The molecule has 3 N–H and O–H groups in total. The van der Waals surface area contributed by atoms with E-state index >= 15 is 0 Å². The lowest BCUT2D eigenvalue weighted by atomic mass is 10.0. The molecule has 2 aromatic carbocycles. The smallest absolute Gasteiger partial charge is 0.255 e. The highest BCUT2D eigenvalue weighted by atomic mass is 35.5. The van der Waals surface area contributed by atoms with Gasteiger partial charge in [-0.3, -0.25) is 9.59 Å². The molecule has 0 bridgehead atoms. The molecular formula is C19H20ClN3O3. The van der Waals surface area contributed by atoms with Crippen LogP contribution < -0.4 is 15.8 Å². The summed E-state index contributed by atoms with van der Waals surface area (Å²) in [6, 6.07) is 14.2. The zero-order valence-electron chi connectivity index (χ0n) is 14.2. The molecule has 1 aliphatic rings. The Hall–Kier alpha value is -2.57. The number of nitrogens with one attached hydrogen (secondary N) is 1. The molecule has 2 amide bonds. The van der Waals surface area contributed by atoms with E-state index in [1.807, 2.05) is 29.2 Å². The van der Waals surface area contributed by atoms with Crippen LogP contribution in [0.2, 0.25) is 5.02 Å². The lowest BCUT2D eigenvalue weighted by molar-refractivity contribution is -0.119. The standard InChI is InChI=1S/C19H20ClN3O3/c20-15-3-1-2-14(10-15)17-11-22-8-9-23(17)19(25)13-4-6-16(7-5-13)26-12-18(21)24/h1-7,10,17,22H,8-9,11-12H2,(H2,21,24). The number of nitrogens with two attached hydrogens (primary N) is 1. The van der Waals surface area contributed by atoms with Crippen LogP contribution in [0.1, 0.15) is 22.0 Å². The molecule has 2 aromatic rings. The molecule has 0 saturated carbocycles. The summed E-state index contributed by atoms with van der Waals surface area (Å²) >= 11 is 6.11. The van der Waals surface area contributed by atoms with Crippen LogP contribution in [0.3, 0.4) is 0 Å². The summed E-state index contributed by atoms with van der Waals surface area (Å²) in [5.74, 6) is -0.111. The van der Waals surface area contributed by atoms with Gasteiger partial charge in [-0.05, 0) is 42.0 Å². The highest BCUT2D eigenvalue weighted by Crippen LogP contribution is 2.26. The topological polar surface area (TPSA) is 84.7 Å². The Bertz CT molecular complexity index is 795. The second-order valence-corrected chi connectivity index (χ2v) is 6.49. The van der Waals surface area contributed by atoms with Crippen molar-refractivity contribution in [2.24, 2.45) is 5.73 Å². The van der Waals surface area contributed by atoms with Crippen molar-refractivity contribution in [1.82, 2.24) is 10.2 Å². The summed E-state index contributed by atoms with van der Waals surface area (Å²) in [5, 5.41) is 3.97. The fraction of sp³-hybridized carbons (Fsp3) is 0.263. The monoisotopic (exact) mass is 373 g/mol. The number of carbonyl (C=O) groups excluding carboxylic acids is 2. The van der Waals surface area contributed by atoms with Crippen molar-refractivity contribution in [2.45, 2.75) is 6.04 Å². The number of ether oxygens (including phenoxy) is 1. The number of hydrogen-bond donors (Lipinski definition) is 2. The number of piperazine rings is 1. The minimum atomic E-state index is -0.546. The third-order valence-electron chi connectivity index (χ3n) is 4.22. The van der Waals surface area contributed by atoms with Gasteiger partial charge in [0.2, 0.25) is 0 Å². The fourth-order valence-electron chi connectivity index (χ4n) is 2.97. The van der Waals surface area contributed by atoms with E-state index in [9.17, 15) is 9.59 Å². The fourth-order valence-corrected chi connectivity index (χ4v) is 3.17. The molecule has 3 rings (SSSR count). The van der Waals surface area contributed by atoms with Crippen LogP contribution in [-0.4, -0.2) is 43.0 Å². The lowest BCUT2D eigenvalue weighted by Crippen LogP contribution is -2.48. The molecule has 0 radical (unpaired) electrons. The first-order valence-corrected chi connectivity index (χ1v) is 8.71. The second-order valence-electron chi connectivity index (χ2n) is 6.05. The molecule has 1 heterocycles. The number of hydrogen-bond acceptors (Lipinski definition) is 4. The Labute approximate surface area is 156 Å². The molecule has 1 unspecified atom stereocenters. The summed E-state index contributed by atoms with van der Waals surface area (Å²) in [6.07, 6.45) is 0. The van der Waals surface area contributed by atoms with E-state index in [1.165, 1.54) is 0 Å². The van der Waals surface area contributed by atoms with Gasteiger partial charge in [0.25, 0.3) is 11.8 Å². The van der Waals surface area contributed by atoms with Crippen molar-refractivity contribution < 1.29 is 14.3 Å². The molecule has 7 heteroatoms. The van der Waals surface area contributed by atoms with Crippen LogP contribution in [0.15, 0.2) is 48.5 Å². The third-order valence-corrected chi connectivity index (χ3v) is 4.46. The van der Waals surface area contributed by atoms with Gasteiger partial charge in [-0.1, -0.05) is 23.7 Å². The van der Waals surface area contributed by atoms with Crippen molar-refractivity contribution in [3.05, 3.63) is 64.7 Å². The first-order valence-electron chi connectivity index (χ1n) is 8.33. The number of amides is 2. The van der Waals surface area contributed by atoms with Crippen molar-refractivity contribution >= 4 is 23.4 Å². The van der Waals surface area contributed by atoms with E-state index in [-0.39, 0.29) is 18.6 Å². The number of primary amides is 1. The summed E-state index contributed by atoms with van der Waals surface area (Å²) in [5.41, 5.74) is 6.62. The maximum Gasteiger partial charge on any atom is 0.255 e. The summed E-state index contributed by atoms with van der Waals surface area (Å²) in [6.45, 7) is 1.83. The summed E-state index contributed by atoms with van der Waals surface area (Å²) in [4.78, 5) is 25.6. The van der Waals surface area contributed by atoms with E-state index in [0.29, 0.717) is 29.4 Å². The molecule has 136 valence electrons. The highest BCUT2D eigenvalue weighted by molar-refractivity contribution is 6.30. The van der Waals surface area contributed by atoms with Gasteiger partial charge in [-0.25, -0.2) is 0 Å². The van der Waals surface area contributed by atoms with Gasteiger partial charge < -0.3 is 20.7 Å². The number of halogens is 1. The van der Waals surface area contributed by atoms with E-state index in [2.05, 4.69) is 5.32 Å². The number of benzene rings is 2. The Morgan fingerprint density at radius 1 is 1.23 bits per heavy atom. The van der Waals surface area contributed by atoms with E-state index in [4.69, 9.17) is 22.1 Å². The van der Waals surface area contributed by atoms with Crippen molar-refractivity contribution in [2.75, 3.05) is 26.2 Å². The van der Waals surface area contributed by atoms with Gasteiger partial charge in [-0.2, -0.15) is 0 Å². The predicted octanol–water partition coefficient (Wildman–Crippen LogP) is 1.99. The average Bonchev–Trinajstić information content (AvgIpc) is 2.66. The number of nitrogens with zero attached hydrogens (tertiary/aromatic N) is 1. The van der Waals surface area contributed by atoms with Gasteiger partial charge in [0, 0.05) is 30.2 Å². The molecular weight excluding hydrogens is 354 g/mol. The average molecular weight is 374 g/mol. The van der Waals surface area contributed by atoms with Gasteiger partial charge >= 0.3 is 0 Å². The van der Waals surface area contributed by atoms with Crippen LogP contribution in [0.5, 0.6) is 5.75 Å². The molecule has 1 aliphatic heterocycles.